The zero-order valence-electron chi connectivity index (χ0n) is 16.6. The first-order chi connectivity index (χ1) is 13.1. The second-order valence-electron chi connectivity index (χ2n) is 9.57. The summed E-state index contributed by atoms with van der Waals surface area (Å²) < 4.78 is 14.9. The van der Waals surface area contributed by atoms with Gasteiger partial charge in [0, 0.05) is 5.25 Å². The average Bonchev–Trinajstić information content (AvgIpc) is 2.69. The predicted molar refractivity (Wildman–Crippen MR) is 117 cm³/mol. The van der Waals surface area contributed by atoms with Crippen molar-refractivity contribution < 1.29 is 4.39 Å². The fourth-order valence-electron chi connectivity index (χ4n) is 6.06. The van der Waals surface area contributed by atoms with Crippen molar-refractivity contribution in [1.82, 2.24) is 0 Å². The third kappa shape index (κ3) is 4.77. The summed E-state index contributed by atoms with van der Waals surface area (Å²) in [6.07, 6.45) is 14.6. The van der Waals surface area contributed by atoms with Crippen molar-refractivity contribution in [3.63, 3.8) is 0 Å². The molecule has 0 saturated heterocycles. The number of benzene rings is 1. The van der Waals surface area contributed by atoms with E-state index in [2.05, 4.69) is 24.8 Å². The molecule has 0 N–H and O–H groups in total. The third-order valence-electron chi connectivity index (χ3n) is 7.89. The zero-order chi connectivity index (χ0) is 18.8. The lowest BCUT2D eigenvalue weighted by molar-refractivity contribution is 0.188. The number of hydrogen-bond donors (Lipinski definition) is 1. The Morgan fingerprint density at radius 2 is 1.30 bits per heavy atom. The Labute approximate surface area is 171 Å². The van der Waals surface area contributed by atoms with E-state index in [1.54, 1.807) is 0 Å². The topological polar surface area (TPSA) is 0 Å². The van der Waals surface area contributed by atoms with Crippen LogP contribution in [0.15, 0.2) is 18.2 Å². The maximum Gasteiger partial charge on any atom is 0.126 e. The molecule has 3 fully saturated rings. The van der Waals surface area contributed by atoms with Gasteiger partial charge in [-0.2, -0.15) is 12.6 Å². The van der Waals surface area contributed by atoms with Crippen LogP contribution in [0, 0.1) is 17.7 Å². The van der Waals surface area contributed by atoms with Gasteiger partial charge in [0.25, 0.3) is 0 Å². The zero-order valence-corrected chi connectivity index (χ0v) is 17.5. The number of rotatable bonds is 3. The molecule has 0 atom stereocenters. The molecule has 1 aromatic carbocycles. The lowest BCUT2D eigenvalue weighted by Crippen LogP contribution is -2.25. The fourth-order valence-corrected chi connectivity index (χ4v) is 6.35. The van der Waals surface area contributed by atoms with Gasteiger partial charge in [-0.3, -0.25) is 0 Å². The van der Waals surface area contributed by atoms with E-state index < -0.39 is 0 Å². The van der Waals surface area contributed by atoms with Gasteiger partial charge in [-0.25, -0.2) is 4.39 Å². The Kier molecular flexibility index (Phi) is 6.57. The number of halogens is 1. The third-order valence-corrected chi connectivity index (χ3v) is 8.40. The van der Waals surface area contributed by atoms with Crippen LogP contribution in [0.25, 0.3) is 0 Å². The average molecular weight is 384 g/mol. The van der Waals surface area contributed by atoms with Gasteiger partial charge in [0.2, 0.25) is 0 Å². The van der Waals surface area contributed by atoms with Gasteiger partial charge in [-0.15, -0.1) is 0 Å². The van der Waals surface area contributed by atoms with Crippen LogP contribution >= 0.6 is 12.6 Å². The van der Waals surface area contributed by atoms with Gasteiger partial charge in [0.15, 0.2) is 0 Å². The summed E-state index contributed by atoms with van der Waals surface area (Å²) in [4.78, 5) is 0. The van der Waals surface area contributed by atoms with Crippen molar-refractivity contribution in [3.05, 3.63) is 35.1 Å². The summed E-state index contributed by atoms with van der Waals surface area (Å²) >= 11 is 4.65. The van der Waals surface area contributed by atoms with Gasteiger partial charge in [-0.1, -0.05) is 30.8 Å². The van der Waals surface area contributed by atoms with Crippen LogP contribution in [0.3, 0.4) is 0 Å². The summed E-state index contributed by atoms with van der Waals surface area (Å²) in [5, 5.41) is 0.638. The molecule has 0 amide bonds. The lowest BCUT2D eigenvalue weighted by Gasteiger charge is -2.37. The van der Waals surface area contributed by atoms with Crippen LogP contribution in [0.5, 0.6) is 0 Å². The summed E-state index contributed by atoms with van der Waals surface area (Å²) in [5.74, 6) is 3.11. The number of thiol groups is 1. The first-order valence-electron chi connectivity index (χ1n) is 11.3. The molecule has 0 heterocycles. The van der Waals surface area contributed by atoms with Crippen LogP contribution in [-0.4, -0.2) is 13.1 Å². The highest BCUT2D eigenvalue weighted by Crippen LogP contribution is 2.44. The molecule has 3 aliphatic carbocycles. The molecule has 1 aromatic rings. The second kappa shape index (κ2) is 8.93. The highest BCUT2D eigenvalue weighted by Gasteiger charge is 2.31. The lowest BCUT2D eigenvalue weighted by atomic mass is 9.69. The maximum absolute atomic E-state index is 14.9. The molecule has 0 aliphatic heterocycles. The molecule has 0 spiro atoms. The highest BCUT2D eigenvalue weighted by atomic mass is 32.1. The van der Waals surface area contributed by atoms with E-state index in [1.165, 1.54) is 56.9 Å². The molecule has 0 unspecified atom stereocenters. The Bertz CT molecular complexity index is 609. The van der Waals surface area contributed by atoms with Crippen LogP contribution < -0.4 is 0 Å². The monoisotopic (exact) mass is 384 g/mol. The Morgan fingerprint density at radius 1 is 0.741 bits per heavy atom. The Balaban J connectivity index is 1.34. The van der Waals surface area contributed by atoms with E-state index in [0.717, 1.165) is 43.1 Å². The minimum Gasteiger partial charge on any atom is -0.207 e. The van der Waals surface area contributed by atoms with E-state index in [0.29, 0.717) is 22.9 Å². The van der Waals surface area contributed by atoms with Crippen molar-refractivity contribution in [1.29, 1.82) is 0 Å². The van der Waals surface area contributed by atoms with Crippen LogP contribution in [0.2, 0.25) is 5.82 Å². The van der Waals surface area contributed by atoms with Crippen molar-refractivity contribution in [2.75, 3.05) is 0 Å². The van der Waals surface area contributed by atoms with Crippen LogP contribution in [0.1, 0.15) is 100 Å². The van der Waals surface area contributed by atoms with E-state index in [-0.39, 0.29) is 5.82 Å². The molecular formula is C24H34BFS. The molecule has 146 valence electrons. The minimum atomic E-state index is 0.0298. The van der Waals surface area contributed by atoms with Gasteiger partial charge in [-0.05, 0) is 105 Å². The first kappa shape index (κ1) is 19.9. The van der Waals surface area contributed by atoms with Crippen LogP contribution in [0.4, 0.5) is 4.39 Å². The normalized spacial score (nSPS) is 37.9. The van der Waals surface area contributed by atoms with E-state index >= 15 is 0 Å². The quantitative estimate of drug-likeness (QED) is 0.413. The standard InChI is InChI=1S/C24H34BFS/c25-21-10-5-19(6-11-21)23-14-9-20(15-24(23)26)18-3-1-16(2-4-18)17-7-12-22(27)13-8-17/h9,14-19,21-22,27H,1-8,10-13H2. The predicted octanol–water partition coefficient (Wildman–Crippen LogP) is 7.20. The van der Waals surface area contributed by atoms with E-state index in [1.807, 2.05) is 6.07 Å². The van der Waals surface area contributed by atoms with Crippen molar-refractivity contribution in [2.45, 2.75) is 100.0 Å². The summed E-state index contributed by atoms with van der Waals surface area (Å²) in [7, 11) is 6.01. The second-order valence-corrected chi connectivity index (χ2v) is 10.3. The summed E-state index contributed by atoms with van der Waals surface area (Å²) in [5.41, 5.74) is 2.17. The minimum absolute atomic E-state index is 0.0298. The van der Waals surface area contributed by atoms with Crippen LogP contribution in [-0.2, 0) is 0 Å². The molecule has 3 heteroatoms. The molecule has 27 heavy (non-hydrogen) atoms. The van der Waals surface area contributed by atoms with Crippen molar-refractivity contribution in [2.24, 2.45) is 11.8 Å². The van der Waals surface area contributed by atoms with Gasteiger partial charge >= 0.3 is 0 Å². The largest absolute Gasteiger partial charge is 0.207 e. The number of hydrogen-bond acceptors (Lipinski definition) is 1. The van der Waals surface area contributed by atoms with Gasteiger partial charge in [0.05, 0.1) is 7.85 Å². The molecule has 0 aromatic heterocycles. The van der Waals surface area contributed by atoms with Crippen molar-refractivity contribution >= 4 is 20.5 Å². The fraction of sp³-hybridized carbons (Fsp3) is 0.750. The SMILES string of the molecule is [B]C1CCC(c2ccc(C3CCC(C4CCC(S)CC4)CC3)cc2F)CC1. The van der Waals surface area contributed by atoms with Gasteiger partial charge in [0.1, 0.15) is 5.82 Å². The van der Waals surface area contributed by atoms with E-state index in [9.17, 15) is 4.39 Å². The smallest absolute Gasteiger partial charge is 0.126 e. The highest BCUT2D eigenvalue weighted by molar-refractivity contribution is 7.80. The van der Waals surface area contributed by atoms with Crippen molar-refractivity contribution in [3.8, 4) is 0 Å². The Hall–Kier alpha value is -0.435. The molecule has 3 aliphatic rings. The maximum atomic E-state index is 14.9. The van der Waals surface area contributed by atoms with Gasteiger partial charge < -0.3 is 0 Å². The molecule has 0 nitrogen and oxygen atoms in total. The summed E-state index contributed by atoms with van der Waals surface area (Å²) in [6, 6.07) is 6.18. The Morgan fingerprint density at radius 3 is 1.89 bits per heavy atom. The molecule has 4 rings (SSSR count). The molecule has 3 saturated carbocycles. The summed E-state index contributed by atoms with van der Waals surface area (Å²) in [6.45, 7) is 0. The molecular weight excluding hydrogens is 350 g/mol. The first-order valence-corrected chi connectivity index (χ1v) is 11.8. The molecule has 0 bridgehead atoms. The van der Waals surface area contributed by atoms with E-state index in [4.69, 9.17) is 7.85 Å². The molecule has 2 radical (unpaired) electrons.